The van der Waals surface area contributed by atoms with Crippen LogP contribution in [-0.2, 0) is 0 Å². The van der Waals surface area contributed by atoms with Crippen LogP contribution in [0.15, 0.2) is 352 Å². The van der Waals surface area contributed by atoms with Crippen molar-refractivity contribution in [3.8, 4) is 0 Å². The Labute approximate surface area is 591 Å². The summed E-state index contributed by atoms with van der Waals surface area (Å²) in [7, 11) is 0. The Morgan fingerprint density at radius 2 is 0.400 bits per heavy atom. The van der Waals surface area contributed by atoms with Gasteiger partial charge in [0.15, 0.2) is 0 Å². The summed E-state index contributed by atoms with van der Waals surface area (Å²) in [6.45, 7) is 8.55. The molecule has 13 aromatic carbocycles. The molecule has 0 heterocycles. The maximum absolute atomic E-state index is 2.32. The monoisotopic (exact) mass is 1280 g/mol. The molecular weight excluding hydrogens is 1210 g/mol. The number of anilines is 6. The van der Waals surface area contributed by atoms with Gasteiger partial charge in [-0.3, -0.25) is 0 Å². The van der Waals surface area contributed by atoms with Crippen molar-refractivity contribution < 1.29 is 0 Å². The van der Waals surface area contributed by atoms with Gasteiger partial charge in [0.05, 0.1) is 0 Å². The van der Waals surface area contributed by atoms with Gasteiger partial charge in [-0.2, -0.15) is 0 Å². The fourth-order valence-electron chi connectivity index (χ4n) is 12.2. The molecule has 0 spiro atoms. The zero-order chi connectivity index (χ0) is 68.2. The summed E-state index contributed by atoms with van der Waals surface area (Å²) in [6.07, 6.45) is 30.5. The molecule has 0 aliphatic rings. The Balaban J connectivity index is 0.619. The minimum absolute atomic E-state index is 1.09. The van der Waals surface area contributed by atoms with Gasteiger partial charge in [-0.05, 0) is 190 Å². The van der Waals surface area contributed by atoms with Gasteiger partial charge in [-0.15, -0.1) is 0 Å². The molecule has 0 bridgehead atoms. The third kappa shape index (κ3) is 17.7. The molecule has 0 unspecified atom stereocenters. The van der Waals surface area contributed by atoms with Crippen molar-refractivity contribution in [2.75, 3.05) is 9.80 Å². The van der Waals surface area contributed by atoms with E-state index in [2.05, 4.69) is 450 Å². The van der Waals surface area contributed by atoms with Crippen molar-refractivity contribution in [1.29, 1.82) is 0 Å². The predicted molar refractivity (Wildman–Crippen MR) is 434 cm³/mol. The molecule has 0 aliphatic heterocycles. The minimum atomic E-state index is 1.09. The fourth-order valence-corrected chi connectivity index (χ4v) is 12.2. The highest BCUT2D eigenvalue weighted by Crippen LogP contribution is 2.38. The first-order chi connectivity index (χ1) is 49.1. The lowest BCUT2D eigenvalue weighted by Crippen LogP contribution is -2.09. The summed E-state index contributed by atoms with van der Waals surface area (Å²) < 4.78 is 0. The highest BCUT2D eigenvalue weighted by Gasteiger charge is 2.15. The molecule has 0 aliphatic carbocycles. The minimum Gasteiger partial charge on any atom is -0.311 e. The molecule has 0 saturated heterocycles. The Morgan fingerprint density at radius 1 is 0.190 bits per heavy atom. The number of allylic oxidation sites excluding steroid dienone is 4. The first-order valence-electron chi connectivity index (χ1n) is 34.3. The van der Waals surface area contributed by atoms with E-state index in [1.807, 2.05) is 0 Å². The van der Waals surface area contributed by atoms with Gasteiger partial charge >= 0.3 is 0 Å². The first-order valence-corrected chi connectivity index (χ1v) is 34.3. The van der Waals surface area contributed by atoms with Crippen molar-refractivity contribution in [1.82, 2.24) is 0 Å². The van der Waals surface area contributed by atoms with Crippen molar-refractivity contribution >= 4 is 106 Å². The van der Waals surface area contributed by atoms with E-state index in [9.17, 15) is 0 Å². The van der Waals surface area contributed by atoms with E-state index >= 15 is 0 Å². The van der Waals surface area contributed by atoms with Gasteiger partial charge in [0.1, 0.15) is 0 Å². The van der Waals surface area contributed by atoms with Crippen LogP contribution in [0.25, 0.3) is 71.9 Å². The SMILES string of the molecule is Cc1ccc(N(c2ccc(C=Cc3ccc(C=CC=C(c4ccccc4)c4cccc(C)c4)cc3)cc2)c2ccc(C=Cc3ccc(C=Cc4ccc(N(c5ccc(C)cc5)c5ccc(C=Cc6ccc(C=CC=C(c7ccccc7)c7cccc(C)c7)cc6)cc5)cc4)cc3)cc2)cc1. The van der Waals surface area contributed by atoms with Crippen LogP contribution in [0.1, 0.15) is 100 Å². The number of hydrogen-bond acceptors (Lipinski definition) is 2. The van der Waals surface area contributed by atoms with E-state index in [1.165, 1.54) is 55.7 Å². The van der Waals surface area contributed by atoms with Gasteiger partial charge in [-0.1, -0.05) is 362 Å². The third-order valence-electron chi connectivity index (χ3n) is 17.8. The van der Waals surface area contributed by atoms with Crippen LogP contribution in [0.4, 0.5) is 34.1 Å². The van der Waals surface area contributed by atoms with Crippen LogP contribution >= 0.6 is 0 Å². The van der Waals surface area contributed by atoms with Crippen molar-refractivity contribution in [3.63, 3.8) is 0 Å². The van der Waals surface area contributed by atoms with E-state index in [0.29, 0.717) is 0 Å². The zero-order valence-corrected chi connectivity index (χ0v) is 57.2. The summed E-state index contributed by atoms with van der Waals surface area (Å²) in [4.78, 5) is 4.64. The summed E-state index contributed by atoms with van der Waals surface area (Å²) in [6, 6.07) is 117. The van der Waals surface area contributed by atoms with E-state index in [-0.39, 0.29) is 0 Å². The molecule has 0 radical (unpaired) electrons. The van der Waals surface area contributed by atoms with Gasteiger partial charge < -0.3 is 9.80 Å². The maximum Gasteiger partial charge on any atom is 0.0462 e. The van der Waals surface area contributed by atoms with E-state index < -0.39 is 0 Å². The average Bonchev–Trinajstić information content (AvgIpc) is 0.822. The maximum atomic E-state index is 2.32. The largest absolute Gasteiger partial charge is 0.311 e. The number of aryl methyl sites for hydroxylation is 4. The average molecular weight is 1290 g/mol. The van der Waals surface area contributed by atoms with Crippen molar-refractivity contribution in [3.05, 3.63) is 452 Å². The van der Waals surface area contributed by atoms with E-state index in [1.54, 1.807) is 0 Å². The molecule has 0 N–H and O–H groups in total. The summed E-state index contributed by atoms with van der Waals surface area (Å²) in [5.74, 6) is 0. The highest BCUT2D eigenvalue weighted by molar-refractivity contribution is 5.85. The molecule has 2 nitrogen and oxygen atoms in total. The Bertz CT molecular complexity index is 4760. The molecule has 2 heteroatoms. The smallest absolute Gasteiger partial charge is 0.0462 e. The van der Waals surface area contributed by atoms with Crippen LogP contribution in [0.3, 0.4) is 0 Å². The lowest BCUT2D eigenvalue weighted by Gasteiger charge is -2.26. The van der Waals surface area contributed by atoms with Crippen LogP contribution < -0.4 is 9.80 Å². The van der Waals surface area contributed by atoms with Crippen LogP contribution in [0.2, 0.25) is 0 Å². The Hall–Kier alpha value is -12.6. The van der Waals surface area contributed by atoms with E-state index in [0.717, 1.165) is 89.8 Å². The van der Waals surface area contributed by atoms with Gasteiger partial charge in [-0.25, -0.2) is 0 Å². The molecule has 13 rings (SSSR count). The number of nitrogens with zero attached hydrogens (tertiary/aromatic N) is 2. The summed E-state index contributed by atoms with van der Waals surface area (Å²) in [5.41, 5.74) is 30.2. The normalized spacial score (nSPS) is 12.1. The van der Waals surface area contributed by atoms with Gasteiger partial charge in [0, 0.05) is 34.1 Å². The van der Waals surface area contributed by atoms with Crippen LogP contribution in [0, 0.1) is 27.7 Å². The quantitative estimate of drug-likeness (QED) is 0.0493. The van der Waals surface area contributed by atoms with Crippen LogP contribution in [-0.4, -0.2) is 0 Å². The molecular formula is C98H80N2. The van der Waals surface area contributed by atoms with Gasteiger partial charge in [0.25, 0.3) is 0 Å². The predicted octanol–water partition coefficient (Wildman–Crippen LogP) is 26.8. The second-order valence-corrected chi connectivity index (χ2v) is 25.4. The Morgan fingerprint density at radius 3 is 0.640 bits per heavy atom. The third-order valence-corrected chi connectivity index (χ3v) is 17.8. The molecule has 0 amide bonds. The molecule has 0 saturated carbocycles. The topological polar surface area (TPSA) is 6.48 Å². The number of benzene rings is 13. The molecule has 0 fully saturated rings. The highest BCUT2D eigenvalue weighted by atomic mass is 15.1. The molecule has 0 atom stereocenters. The number of rotatable bonds is 22. The van der Waals surface area contributed by atoms with Gasteiger partial charge in [0.2, 0.25) is 0 Å². The molecule has 0 aromatic heterocycles. The fraction of sp³-hybridized carbons (Fsp3) is 0.0408. The standard InChI is InChI=1S/C98H80N2/c1-73-27-59-91(60-28-73)99(93-63-51-83(52-64-93)47-43-79-35-31-77(32-36-79)17-13-25-97(87-19-7-5-8-20-87)89-23-11-15-75(3)71-89)95-67-55-85(56-68-95)49-45-81-39-41-82(42-40-81)46-50-86-57-69-96(70-58-86)100(92-61-29-74(2)30-62-92)94-65-53-84(54-66-94)48-44-80-37-33-78(34-38-80)18-14-26-98(88-21-9-6-10-22-88)90-24-12-16-76(4)72-90/h5-72H,1-4H3. The zero-order valence-electron chi connectivity index (χ0n) is 57.2. The second-order valence-electron chi connectivity index (χ2n) is 25.4. The Kier molecular flexibility index (Phi) is 21.4. The summed E-state index contributed by atoms with van der Waals surface area (Å²) >= 11 is 0. The van der Waals surface area contributed by atoms with Crippen molar-refractivity contribution in [2.24, 2.45) is 0 Å². The molecule has 100 heavy (non-hydrogen) atoms. The van der Waals surface area contributed by atoms with E-state index in [4.69, 9.17) is 0 Å². The molecule has 13 aromatic rings. The van der Waals surface area contributed by atoms with Crippen LogP contribution in [0.5, 0.6) is 0 Å². The molecule has 482 valence electrons. The summed E-state index contributed by atoms with van der Waals surface area (Å²) in [5, 5.41) is 0. The number of hydrogen-bond donors (Lipinski definition) is 0. The lowest BCUT2D eigenvalue weighted by atomic mass is 9.96. The first kappa shape index (κ1) is 66.0. The second kappa shape index (κ2) is 32.4. The van der Waals surface area contributed by atoms with Crippen molar-refractivity contribution in [2.45, 2.75) is 27.7 Å². The lowest BCUT2D eigenvalue weighted by molar-refractivity contribution is 1.27.